The molecular formula is C23H17FN4O6S. The van der Waals surface area contributed by atoms with E-state index in [1.54, 1.807) is 0 Å². The Labute approximate surface area is 198 Å². The molecule has 0 bridgehead atoms. The molecule has 12 heteroatoms. The fourth-order valence-electron chi connectivity index (χ4n) is 3.44. The molecule has 0 radical (unpaired) electrons. The maximum Gasteiger partial charge on any atom is 0.352 e. The zero-order valence-corrected chi connectivity index (χ0v) is 19.0. The van der Waals surface area contributed by atoms with E-state index in [4.69, 9.17) is 10.00 Å². The number of nitrogens with one attached hydrogen (secondary N) is 1. The number of carbonyl (C=O) groups excluding carboxylic acids is 1. The lowest BCUT2D eigenvalue weighted by atomic mass is 10.1. The third-order valence-corrected chi connectivity index (χ3v) is 7.08. The summed E-state index contributed by atoms with van der Waals surface area (Å²) in [6.45, 7) is -0.580. The molecule has 2 heterocycles. The van der Waals surface area contributed by atoms with Crippen molar-refractivity contribution in [1.29, 1.82) is 5.26 Å². The number of sulfone groups is 1. The van der Waals surface area contributed by atoms with Gasteiger partial charge in [-0.2, -0.15) is 5.26 Å². The van der Waals surface area contributed by atoms with Gasteiger partial charge in [0.05, 0.1) is 18.2 Å². The summed E-state index contributed by atoms with van der Waals surface area (Å²) in [4.78, 5) is 37.0. The average molecular weight is 496 g/mol. The van der Waals surface area contributed by atoms with Gasteiger partial charge in [0.25, 0.3) is 5.56 Å². The van der Waals surface area contributed by atoms with E-state index in [1.807, 2.05) is 6.07 Å². The molecule has 0 atom stereocenters. The van der Waals surface area contributed by atoms with Crippen molar-refractivity contribution < 1.29 is 22.3 Å². The minimum atomic E-state index is -4.66. The molecule has 1 aliphatic rings. The van der Waals surface area contributed by atoms with Crippen molar-refractivity contribution in [3.8, 4) is 6.07 Å². The number of aromatic nitrogens is 2. The number of hydrogen-bond acceptors (Lipinski definition) is 8. The second-order valence-electron chi connectivity index (χ2n) is 7.58. The number of benzene rings is 2. The van der Waals surface area contributed by atoms with Gasteiger partial charge in [0.1, 0.15) is 18.2 Å². The van der Waals surface area contributed by atoms with E-state index in [0.29, 0.717) is 16.7 Å². The summed E-state index contributed by atoms with van der Waals surface area (Å²) in [6, 6.07) is 13.1. The maximum absolute atomic E-state index is 13.3. The molecule has 35 heavy (non-hydrogen) atoms. The Kier molecular flexibility index (Phi) is 6.10. The lowest BCUT2D eigenvalue weighted by Gasteiger charge is -2.21. The first-order chi connectivity index (χ1) is 16.6. The predicted molar refractivity (Wildman–Crippen MR) is 121 cm³/mol. The zero-order chi connectivity index (χ0) is 25.3. The summed E-state index contributed by atoms with van der Waals surface area (Å²) < 4.78 is 46.3. The lowest BCUT2D eigenvalue weighted by Crippen LogP contribution is -2.44. The Morgan fingerprint density at radius 2 is 1.71 bits per heavy atom. The third-order valence-electron chi connectivity index (χ3n) is 5.31. The monoisotopic (exact) mass is 496 g/mol. The fraction of sp³-hybridized carbons (Fsp3) is 0.130. The molecular weight excluding hydrogens is 479 g/mol. The highest BCUT2D eigenvalue weighted by Gasteiger charge is 2.38. The Morgan fingerprint density at radius 3 is 2.34 bits per heavy atom. The summed E-state index contributed by atoms with van der Waals surface area (Å²) in [6.07, 6.45) is 0.856. The van der Waals surface area contributed by atoms with Crippen LogP contribution in [0.1, 0.15) is 16.7 Å². The smallest absolute Gasteiger partial charge is 0.352 e. The first-order valence-electron chi connectivity index (χ1n) is 10.1. The molecule has 0 saturated heterocycles. The van der Waals surface area contributed by atoms with E-state index >= 15 is 0 Å². The Balaban J connectivity index is 1.69. The van der Waals surface area contributed by atoms with E-state index < -0.39 is 42.7 Å². The highest BCUT2D eigenvalue weighted by atomic mass is 32.2. The van der Waals surface area contributed by atoms with Gasteiger partial charge in [0.15, 0.2) is 9.80 Å². The molecule has 2 aromatic carbocycles. The van der Waals surface area contributed by atoms with Gasteiger partial charge in [-0.1, -0.05) is 24.3 Å². The Hall–Kier alpha value is -4.50. The second kappa shape index (κ2) is 9.03. The SMILES string of the molecule is Cn1c2c(c(=O)n(Cc3ccc(C#N)cc3)c1=O)S(=O)(=O)C(C(=O)OCc1ccc(F)cc1)=CN2. The van der Waals surface area contributed by atoms with Crippen molar-refractivity contribution in [3.63, 3.8) is 0 Å². The molecule has 0 saturated carbocycles. The number of esters is 1. The van der Waals surface area contributed by atoms with E-state index in [-0.39, 0.29) is 19.0 Å². The van der Waals surface area contributed by atoms with E-state index in [0.717, 1.165) is 27.5 Å². The van der Waals surface area contributed by atoms with Crippen LogP contribution < -0.4 is 16.6 Å². The molecule has 3 aromatic rings. The van der Waals surface area contributed by atoms with Crippen LogP contribution in [0, 0.1) is 17.1 Å². The lowest BCUT2D eigenvalue weighted by molar-refractivity contribution is -0.139. The molecule has 178 valence electrons. The Bertz CT molecular complexity index is 1630. The summed E-state index contributed by atoms with van der Waals surface area (Å²) in [5.74, 6) is -1.99. The number of anilines is 1. The minimum absolute atomic E-state index is 0.256. The van der Waals surface area contributed by atoms with Crippen LogP contribution >= 0.6 is 0 Å². The summed E-state index contributed by atoms with van der Waals surface area (Å²) >= 11 is 0. The van der Waals surface area contributed by atoms with Crippen LogP contribution in [0.2, 0.25) is 0 Å². The average Bonchev–Trinajstić information content (AvgIpc) is 2.84. The molecule has 4 rings (SSSR count). The van der Waals surface area contributed by atoms with Gasteiger partial charge in [0.2, 0.25) is 9.84 Å². The second-order valence-corrected chi connectivity index (χ2v) is 9.43. The number of rotatable bonds is 5. The van der Waals surface area contributed by atoms with Gasteiger partial charge in [-0.05, 0) is 35.4 Å². The van der Waals surface area contributed by atoms with Crippen LogP contribution in [0.15, 0.2) is 74.1 Å². The molecule has 0 fully saturated rings. The highest BCUT2D eigenvalue weighted by molar-refractivity contribution is 7.96. The number of nitrogens with zero attached hydrogens (tertiary/aromatic N) is 3. The van der Waals surface area contributed by atoms with Crippen molar-refractivity contribution in [1.82, 2.24) is 9.13 Å². The van der Waals surface area contributed by atoms with Crippen molar-refractivity contribution in [2.75, 3.05) is 5.32 Å². The van der Waals surface area contributed by atoms with E-state index in [9.17, 15) is 27.2 Å². The highest BCUT2D eigenvalue weighted by Crippen LogP contribution is 2.28. The van der Waals surface area contributed by atoms with Crippen LogP contribution in [0.4, 0.5) is 10.2 Å². The molecule has 10 nitrogen and oxygen atoms in total. The normalized spacial score (nSPS) is 13.7. The van der Waals surface area contributed by atoms with E-state index in [1.165, 1.54) is 43.4 Å². The van der Waals surface area contributed by atoms with Crippen molar-refractivity contribution in [2.45, 2.75) is 18.0 Å². The number of halogens is 1. The quantitative estimate of drug-likeness (QED) is 0.523. The van der Waals surface area contributed by atoms with Crippen molar-refractivity contribution in [3.05, 3.63) is 103 Å². The summed E-state index contributed by atoms with van der Waals surface area (Å²) in [5, 5.41) is 11.5. The Morgan fingerprint density at radius 1 is 1.09 bits per heavy atom. The first kappa shape index (κ1) is 23.7. The van der Waals surface area contributed by atoms with Gasteiger partial charge in [-0.25, -0.2) is 22.4 Å². The number of fused-ring (bicyclic) bond motifs is 1. The van der Waals surface area contributed by atoms with Gasteiger partial charge in [0, 0.05) is 13.2 Å². The molecule has 0 aliphatic carbocycles. The predicted octanol–water partition coefficient (Wildman–Crippen LogP) is 1.39. The third kappa shape index (κ3) is 4.36. The van der Waals surface area contributed by atoms with Gasteiger partial charge in [-0.3, -0.25) is 13.9 Å². The maximum atomic E-state index is 13.3. The zero-order valence-electron chi connectivity index (χ0n) is 18.2. The topological polar surface area (TPSA) is 140 Å². The van der Waals surface area contributed by atoms with Gasteiger partial charge in [-0.15, -0.1) is 0 Å². The number of hydrogen-bond donors (Lipinski definition) is 1. The van der Waals surface area contributed by atoms with Crippen LogP contribution in [0.25, 0.3) is 0 Å². The summed E-state index contributed by atoms with van der Waals surface area (Å²) in [7, 11) is -3.38. The number of nitriles is 1. The van der Waals surface area contributed by atoms with Crippen LogP contribution in [0.3, 0.4) is 0 Å². The van der Waals surface area contributed by atoms with Crippen molar-refractivity contribution >= 4 is 21.6 Å². The van der Waals surface area contributed by atoms with Gasteiger partial charge >= 0.3 is 11.7 Å². The summed E-state index contributed by atoms with van der Waals surface area (Å²) in [5.41, 5.74) is -0.610. The standard InChI is InChI=1S/C23H17FN4O6S/c1-27-20-19(21(29)28(23(27)31)12-15-4-2-14(10-25)3-5-15)35(32,33)18(11-26-20)22(30)34-13-16-6-8-17(24)9-7-16/h2-9,11,26H,12-13H2,1H3. The molecule has 1 N–H and O–H groups in total. The van der Waals surface area contributed by atoms with Crippen LogP contribution in [-0.2, 0) is 39.6 Å². The molecule has 1 aromatic heterocycles. The first-order valence-corrected chi connectivity index (χ1v) is 11.6. The fourth-order valence-corrected chi connectivity index (χ4v) is 4.94. The van der Waals surface area contributed by atoms with Gasteiger partial charge < -0.3 is 10.1 Å². The molecule has 1 aliphatic heterocycles. The number of carbonyl (C=O) groups is 1. The van der Waals surface area contributed by atoms with Crippen LogP contribution in [0.5, 0.6) is 0 Å². The molecule has 0 spiro atoms. The number of ether oxygens (including phenoxy) is 1. The van der Waals surface area contributed by atoms with Crippen LogP contribution in [-0.4, -0.2) is 23.5 Å². The minimum Gasteiger partial charge on any atom is -0.457 e. The molecule has 0 unspecified atom stereocenters. The van der Waals surface area contributed by atoms with Crippen molar-refractivity contribution in [2.24, 2.45) is 7.05 Å². The molecule has 0 amide bonds. The van der Waals surface area contributed by atoms with E-state index in [2.05, 4.69) is 5.32 Å². The largest absolute Gasteiger partial charge is 0.457 e.